The Balaban J connectivity index is 1.18. The van der Waals surface area contributed by atoms with Crippen LogP contribution in [0.4, 0.5) is 0 Å². The van der Waals surface area contributed by atoms with Crippen molar-refractivity contribution in [2.75, 3.05) is 0 Å². The third kappa shape index (κ3) is 5.17. The molecule has 0 aliphatic carbocycles. The molecule has 0 saturated heterocycles. The topological polar surface area (TPSA) is 0 Å². The Morgan fingerprint density at radius 2 is 0.469 bits per heavy atom. The predicted molar refractivity (Wildman–Crippen MR) is 277 cm³/mol. The molecular weight excluding hydrogens is 769 g/mol. The maximum absolute atomic E-state index is 2.49. The van der Waals surface area contributed by atoms with Gasteiger partial charge >= 0.3 is 0 Å². The van der Waals surface area contributed by atoms with Gasteiger partial charge in [-0.25, -0.2) is 0 Å². The molecule has 0 fully saturated rings. The van der Waals surface area contributed by atoms with Gasteiger partial charge in [0.15, 0.2) is 0 Å². The molecule has 64 heavy (non-hydrogen) atoms. The van der Waals surface area contributed by atoms with Crippen molar-refractivity contribution in [2.45, 2.75) is 0 Å². The molecule has 0 aliphatic heterocycles. The van der Waals surface area contributed by atoms with Crippen molar-refractivity contribution < 1.29 is 0 Å². The van der Waals surface area contributed by atoms with Crippen LogP contribution in [0.25, 0.3) is 141 Å². The van der Waals surface area contributed by atoms with Gasteiger partial charge in [0, 0.05) is 0 Å². The van der Waals surface area contributed by atoms with Crippen LogP contribution in [0.1, 0.15) is 0 Å². The SMILES string of the molecule is c1ccc2cc(-c3cc(-c4cc5ccccc5c5ccccc45)c4ccc5c(-c6ccc7ccccc7c6)cc(-c6cc7ccccc7c7ccccc67)c6ccc3c4c56)ccc2c1. The molecule has 0 amide bonds. The van der Waals surface area contributed by atoms with Crippen LogP contribution in [0.2, 0.25) is 0 Å². The van der Waals surface area contributed by atoms with Gasteiger partial charge in [-0.2, -0.15) is 0 Å². The largest absolute Gasteiger partial charge is 0.0616 e. The van der Waals surface area contributed by atoms with Crippen LogP contribution in [-0.2, 0) is 0 Å². The molecule has 0 atom stereocenters. The number of benzene rings is 14. The first kappa shape index (κ1) is 35.3. The average molecular weight is 807 g/mol. The van der Waals surface area contributed by atoms with E-state index in [0.717, 1.165) is 0 Å². The minimum atomic E-state index is 1.22. The molecule has 0 spiro atoms. The Labute approximate surface area is 370 Å². The summed E-state index contributed by atoms with van der Waals surface area (Å²) < 4.78 is 0. The molecule has 0 nitrogen and oxygen atoms in total. The van der Waals surface area contributed by atoms with Gasteiger partial charge in [-0.1, -0.05) is 194 Å². The monoisotopic (exact) mass is 806 g/mol. The van der Waals surface area contributed by atoms with Crippen LogP contribution >= 0.6 is 0 Å². The highest BCUT2D eigenvalue weighted by atomic mass is 14.3. The Bertz CT molecular complexity index is 3970. The lowest BCUT2D eigenvalue weighted by atomic mass is 9.80. The van der Waals surface area contributed by atoms with Crippen LogP contribution in [0, 0.1) is 0 Å². The van der Waals surface area contributed by atoms with E-state index in [4.69, 9.17) is 0 Å². The van der Waals surface area contributed by atoms with Crippen LogP contribution in [-0.4, -0.2) is 0 Å². The van der Waals surface area contributed by atoms with Crippen LogP contribution in [0.15, 0.2) is 231 Å². The fourth-order valence-corrected chi connectivity index (χ4v) is 11.2. The van der Waals surface area contributed by atoms with Gasteiger partial charge in [0.2, 0.25) is 0 Å². The maximum atomic E-state index is 2.49. The smallest absolute Gasteiger partial charge is 0.00139 e. The molecule has 0 radical (unpaired) electrons. The lowest BCUT2D eigenvalue weighted by Crippen LogP contribution is -1.95. The molecule has 14 rings (SSSR count). The normalized spacial score (nSPS) is 12.1. The molecule has 0 bridgehead atoms. The summed E-state index contributed by atoms with van der Waals surface area (Å²) in [6, 6.07) is 86.6. The summed E-state index contributed by atoms with van der Waals surface area (Å²) in [6.07, 6.45) is 0. The molecule has 14 aromatic carbocycles. The average Bonchev–Trinajstić information content (AvgIpc) is 3.37. The summed E-state index contributed by atoms with van der Waals surface area (Å²) in [6.45, 7) is 0. The first-order valence-electron chi connectivity index (χ1n) is 22.3. The lowest BCUT2D eigenvalue weighted by Gasteiger charge is -2.23. The minimum Gasteiger partial charge on any atom is -0.0616 e. The van der Waals surface area contributed by atoms with Crippen LogP contribution in [0.3, 0.4) is 0 Å². The van der Waals surface area contributed by atoms with Crippen molar-refractivity contribution in [3.63, 3.8) is 0 Å². The van der Waals surface area contributed by atoms with E-state index in [9.17, 15) is 0 Å². The second-order valence-corrected chi connectivity index (χ2v) is 17.5. The number of fused-ring (bicyclic) bond motifs is 8. The zero-order valence-electron chi connectivity index (χ0n) is 34.9. The van der Waals surface area contributed by atoms with Crippen LogP contribution in [0.5, 0.6) is 0 Å². The number of hydrogen-bond acceptors (Lipinski definition) is 0. The van der Waals surface area contributed by atoms with E-state index >= 15 is 0 Å². The number of rotatable bonds is 4. The zero-order valence-corrected chi connectivity index (χ0v) is 34.9. The summed E-state index contributed by atoms with van der Waals surface area (Å²) in [4.78, 5) is 0. The molecule has 0 heterocycles. The van der Waals surface area contributed by atoms with Gasteiger partial charge in [-0.15, -0.1) is 0 Å². The molecule has 0 heteroatoms. The van der Waals surface area contributed by atoms with Gasteiger partial charge < -0.3 is 0 Å². The lowest BCUT2D eigenvalue weighted by molar-refractivity contribution is 1.66. The van der Waals surface area contributed by atoms with Gasteiger partial charge in [0.1, 0.15) is 0 Å². The van der Waals surface area contributed by atoms with E-state index in [1.54, 1.807) is 0 Å². The standard InChI is InChI=1S/C64H38/c1-3-15-41-33-45(27-25-39(41)13-1)57-37-61(59-35-43-17-5-7-19-47(43)49-21-9-11-23-51(49)59)55-32-30-54-58(46-28-26-40-14-2-4-16-42(40)34-46)38-62(56-31-29-53(57)63(55)64(54)56)60-36-44-18-6-8-20-48(44)50-22-10-12-24-52(50)60/h1-38H. The van der Waals surface area contributed by atoms with Gasteiger partial charge in [0.05, 0.1) is 0 Å². The van der Waals surface area contributed by atoms with Crippen molar-refractivity contribution in [1.29, 1.82) is 0 Å². The summed E-state index contributed by atoms with van der Waals surface area (Å²) in [5.41, 5.74) is 9.94. The van der Waals surface area contributed by atoms with E-state index in [0.29, 0.717) is 0 Å². The maximum Gasteiger partial charge on any atom is -0.00139 e. The molecule has 0 N–H and O–H groups in total. The minimum absolute atomic E-state index is 1.22. The molecular formula is C64H38. The summed E-state index contributed by atoms with van der Waals surface area (Å²) in [5.74, 6) is 0. The van der Waals surface area contributed by atoms with Crippen molar-refractivity contribution in [3.8, 4) is 44.5 Å². The molecule has 294 valence electrons. The number of hydrogen-bond donors (Lipinski definition) is 0. The van der Waals surface area contributed by atoms with Gasteiger partial charge in [-0.3, -0.25) is 0 Å². The van der Waals surface area contributed by atoms with Gasteiger partial charge in [-0.05, 0) is 178 Å². The molecule has 0 aromatic heterocycles. The summed E-state index contributed by atoms with van der Waals surface area (Å²) in [5, 5.41) is 22.8. The van der Waals surface area contributed by atoms with E-state index in [1.165, 1.54) is 141 Å². The second-order valence-electron chi connectivity index (χ2n) is 17.5. The van der Waals surface area contributed by atoms with Crippen LogP contribution < -0.4 is 0 Å². The summed E-state index contributed by atoms with van der Waals surface area (Å²) in [7, 11) is 0. The second kappa shape index (κ2) is 13.6. The quantitative estimate of drug-likeness (QED) is 0.155. The van der Waals surface area contributed by atoms with Gasteiger partial charge in [0.25, 0.3) is 0 Å². The van der Waals surface area contributed by atoms with Crippen molar-refractivity contribution in [1.82, 2.24) is 0 Å². The third-order valence-corrected chi connectivity index (χ3v) is 14.1. The highest BCUT2D eigenvalue weighted by molar-refractivity contribution is 6.33. The Hall–Kier alpha value is -8.32. The highest BCUT2D eigenvalue weighted by Gasteiger charge is 2.23. The third-order valence-electron chi connectivity index (χ3n) is 14.1. The Kier molecular flexibility index (Phi) is 7.49. The fraction of sp³-hybridized carbons (Fsp3) is 0. The van der Waals surface area contributed by atoms with E-state index in [1.807, 2.05) is 0 Å². The Morgan fingerprint density at radius 1 is 0.156 bits per heavy atom. The van der Waals surface area contributed by atoms with Crippen molar-refractivity contribution >= 4 is 97.0 Å². The van der Waals surface area contributed by atoms with E-state index < -0.39 is 0 Å². The molecule has 14 aromatic rings. The molecule has 0 saturated carbocycles. The predicted octanol–water partition coefficient (Wildman–Crippen LogP) is 18.2. The first-order chi connectivity index (χ1) is 31.7. The zero-order chi connectivity index (χ0) is 41.9. The Morgan fingerprint density at radius 3 is 0.891 bits per heavy atom. The fourth-order valence-electron chi connectivity index (χ4n) is 11.2. The first-order valence-corrected chi connectivity index (χ1v) is 22.3. The van der Waals surface area contributed by atoms with E-state index in [2.05, 4.69) is 231 Å². The molecule has 0 aliphatic rings. The molecule has 0 unspecified atom stereocenters. The van der Waals surface area contributed by atoms with E-state index in [-0.39, 0.29) is 0 Å². The highest BCUT2D eigenvalue weighted by Crippen LogP contribution is 2.51. The summed E-state index contributed by atoms with van der Waals surface area (Å²) >= 11 is 0. The van der Waals surface area contributed by atoms with Crippen molar-refractivity contribution in [3.05, 3.63) is 231 Å². The van der Waals surface area contributed by atoms with Crippen molar-refractivity contribution in [2.24, 2.45) is 0 Å².